The maximum absolute atomic E-state index is 11.3. The normalized spacial score (nSPS) is 13.8. The molecule has 9 heavy (non-hydrogen) atoms. The van der Waals surface area contributed by atoms with Crippen molar-refractivity contribution in [2.75, 3.05) is 0 Å². The summed E-state index contributed by atoms with van der Waals surface area (Å²) >= 11 is 0. The largest absolute Gasteiger partial charge is 0.481 e. The number of rotatable bonds is 3. The minimum Gasteiger partial charge on any atom is -0.481 e. The number of hydrogen-bond acceptors (Lipinski definition) is 2. The van der Waals surface area contributed by atoms with Crippen LogP contribution >= 0.6 is 0 Å². The van der Waals surface area contributed by atoms with Crippen LogP contribution in [0.4, 0.5) is 8.78 Å². The summed E-state index contributed by atoms with van der Waals surface area (Å²) in [5.74, 6) is -1.43. The quantitative estimate of drug-likeness (QED) is 0.584. The molecule has 0 heterocycles. The Hall–Kier alpha value is -0.710. The van der Waals surface area contributed by atoms with Crippen molar-refractivity contribution in [3.63, 3.8) is 0 Å². The molecule has 0 aromatic heterocycles. The molecule has 2 N–H and O–H groups in total. The Labute approximate surface area is 49.9 Å². The number of halogens is 2. The first-order valence-electron chi connectivity index (χ1n) is 2.22. The van der Waals surface area contributed by atoms with E-state index in [2.05, 4.69) is 0 Å². The standard InChI is InChI=1S/C4H6F2O3/c5-4(6)2(7)1-3(8)9/h2,4,7H,1H2,(H,8,9). The first-order valence-corrected chi connectivity index (χ1v) is 2.22. The van der Waals surface area contributed by atoms with E-state index < -0.39 is 24.9 Å². The zero-order chi connectivity index (χ0) is 7.44. The maximum atomic E-state index is 11.3. The molecule has 5 heteroatoms. The van der Waals surface area contributed by atoms with Gasteiger partial charge in [-0.1, -0.05) is 0 Å². The van der Waals surface area contributed by atoms with Crippen molar-refractivity contribution < 1.29 is 23.8 Å². The highest BCUT2D eigenvalue weighted by Gasteiger charge is 2.19. The molecule has 0 aliphatic rings. The molecule has 0 rings (SSSR count). The van der Waals surface area contributed by atoms with Crippen molar-refractivity contribution >= 4 is 5.97 Å². The predicted molar refractivity (Wildman–Crippen MR) is 24.3 cm³/mol. The topological polar surface area (TPSA) is 57.5 Å². The summed E-state index contributed by atoms with van der Waals surface area (Å²) in [5.41, 5.74) is 0. The van der Waals surface area contributed by atoms with Crippen molar-refractivity contribution in [1.82, 2.24) is 0 Å². The monoisotopic (exact) mass is 140 g/mol. The molecular weight excluding hydrogens is 134 g/mol. The van der Waals surface area contributed by atoms with Gasteiger partial charge in [0.05, 0.1) is 6.42 Å². The van der Waals surface area contributed by atoms with Gasteiger partial charge in [-0.25, -0.2) is 8.78 Å². The first-order chi connectivity index (χ1) is 4.04. The van der Waals surface area contributed by atoms with E-state index in [1.54, 1.807) is 0 Å². The Kier molecular flexibility index (Phi) is 3.08. The highest BCUT2D eigenvalue weighted by atomic mass is 19.3. The number of aliphatic hydroxyl groups excluding tert-OH is 1. The van der Waals surface area contributed by atoms with Gasteiger partial charge in [0, 0.05) is 0 Å². The highest BCUT2D eigenvalue weighted by Crippen LogP contribution is 2.03. The lowest BCUT2D eigenvalue weighted by atomic mass is 10.3. The van der Waals surface area contributed by atoms with Gasteiger partial charge in [0.2, 0.25) is 0 Å². The number of aliphatic carboxylic acids is 1. The van der Waals surface area contributed by atoms with E-state index in [0.29, 0.717) is 0 Å². The van der Waals surface area contributed by atoms with Gasteiger partial charge in [-0.05, 0) is 0 Å². The molecule has 1 atom stereocenters. The number of aliphatic hydroxyl groups is 1. The molecule has 0 fully saturated rings. The van der Waals surface area contributed by atoms with Gasteiger partial charge < -0.3 is 10.2 Å². The van der Waals surface area contributed by atoms with Crippen molar-refractivity contribution in [2.45, 2.75) is 19.0 Å². The lowest BCUT2D eigenvalue weighted by Crippen LogP contribution is -2.20. The van der Waals surface area contributed by atoms with Crippen LogP contribution in [0, 0.1) is 0 Å². The van der Waals surface area contributed by atoms with Crippen LogP contribution in [0.2, 0.25) is 0 Å². The molecule has 54 valence electrons. The van der Waals surface area contributed by atoms with E-state index in [1.807, 2.05) is 0 Å². The van der Waals surface area contributed by atoms with Crippen LogP contribution in [0.1, 0.15) is 6.42 Å². The Balaban J connectivity index is 3.50. The van der Waals surface area contributed by atoms with Crippen LogP contribution in [0.3, 0.4) is 0 Å². The lowest BCUT2D eigenvalue weighted by molar-refractivity contribution is -0.141. The fraction of sp³-hybridized carbons (Fsp3) is 0.750. The zero-order valence-corrected chi connectivity index (χ0v) is 4.42. The van der Waals surface area contributed by atoms with Crippen molar-refractivity contribution in [3.05, 3.63) is 0 Å². The molecule has 0 aromatic rings. The van der Waals surface area contributed by atoms with Gasteiger partial charge in [0.25, 0.3) is 6.43 Å². The van der Waals surface area contributed by atoms with Crippen LogP contribution in [0.25, 0.3) is 0 Å². The van der Waals surface area contributed by atoms with E-state index in [1.165, 1.54) is 0 Å². The lowest BCUT2D eigenvalue weighted by Gasteiger charge is -2.03. The average Bonchev–Trinajstić information content (AvgIpc) is 1.63. The van der Waals surface area contributed by atoms with Gasteiger partial charge in [0.15, 0.2) is 0 Å². The Bertz CT molecular complexity index is 104. The SMILES string of the molecule is O=C(O)CC(O)C(F)F. The molecule has 0 bridgehead atoms. The summed E-state index contributed by atoms with van der Waals surface area (Å²) in [7, 11) is 0. The third-order valence-corrected chi connectivity index (χ3v) is 0.675. The van der Waals surface area contributed by atoms with Crippen molar-refractivity contribution in [1.29, 1.82) is 0 Å². The molecule has 0 aliphatic carbocycles. The molecular formula is C4H6F2O3. The predicted octanol–water partition coefficient (Wildman–Crippen LogP) is 0.0871. The molecule has 0 aliphatic heterocycles. The van der Waals surface area contributed by atoms with Gasteiger partial charge in [-0.15, -0.1) is 0 Å². The Morgan fingerprint density at radius 1 is 1.56 bits per heavy atom. The first kappa shape index (κ1) is 8.29. The van der Waals surface area contributed by atoms with Crippen LogP contribution in [0.15, 0.2) is 0 Å². The number of hydrogen-bond donors (Lipinski definition) is 2. The van der Waals surface area contributed by atoms with Crippen LogP contribution < -0.4 is 0 Å². The summed E-state index contributed by atoms with van der Waals surface area (Å²) in [6.07, 6.45) is -5.92. The van der Waals surface area contributed by atoms with E-state index >= 15 is 0 Å². The van der Waals surface area contributed by atoms with E-state index in [0.717, 1.165) is 0 Å². The third-order valence-electron chi connectivity index (χ3n) is 0.675. The number of alkyl halides is 2. The number of carbonyl (C=O) groups is 1. The molecule has 0 radical (unpaired) electrons. The molecule has 0 aromatic carbocycles. The van der Waals surface area contributed by atoms with Crippen LogP contribution in [-0.4, -0.2) is 28.7 Å². The average molecular weight is 140 g/mol. The number of carboxylic acids is 1. The summed E-state index contributed by atoms with van der Waals surface area (Å²) < 4.78 is 22.6. The van der Waals surface area contributed by atoms with Crippen molar-refractivity contribution in [3.8, 4) is 0 Å². The maximum Gasteiger partial charge on any atom is 0.306 e. The van der Waals surface area contributed by atoms with Gasteiger partial charge in [-0.2, -0.15) is 0 Å². The van der Waals surface area contributed by atoms with E-state index in [-0.39, 0.29) is 0 Å². The van der Waals surface area contributed by atoms with E-state index in [4.69, 9.17) is 10.2 Å². The highest BCUT2D eigenvalue weighted by molar-refractivity contribution is 5.67. The Morgan fingerprint density at radius 2 is 2.00 bits per heavy atom. The second kappa shape index (κ2) is 3.34. The van der Waals surface area contributed by atoms with Crippen LogP contribution in [-0.2, 0) is 4.79 Å². The molecule has 3 nitrogen and oxygen atoms in total. The summed E-state index contributed by atoms with van der Waals surface area (Å²) in [6.45, 7) is 0. The third kappa shape index (κ3) is 3.84. The molecule has 0 saturated carbocycles. The molecule has 1 unspecified atom stereocenters. The fourth-order valence-corrected chi connectivity index (χ4v) is 0.268. The smallest absolute Gasteiger partial charge is 0.306 e. The molecule has 0 spiro atoms. The van der Waals surface area contributed by atoms with Crippen LogP contribution in [0.5, 0.6) is 0 Å². The summed E-state index contributed by atoms with van der Waals surface area (Å²) in [4.78, 5) is 9.62. The second-order valence-electron chi connectivity index (χ2n) is 1.50. The Morgan fingerprint density at radius 3 is 2.11 bits per heavy atom. The zero-order valence-electron chi connectivity index (χ0n) is 4.42. The minimum atomic E-state index is -2.97. The minimum absolute atomic E-state index is 0.905. The summed E-state index contributed by atoms with van der Waals surface area (Å²) in [5, 5.41) is 16.0. The molecule has 0 saturated heterocycles. The van der Waals surface area contributed by atoms with E-state index in [9.17, 15) is 13.6 Å². The molecule has 0 amide bonds. The summed E-state index contributed by atoms with van der Waals surface area (Å²) in [6, 6.07) is 0. The fourth-order valence-electron chi connectivity index (χ4n) is 0.268. The van der Waals surface area contributed by atoms with Crippen molar-refractivity contribution in [2.24, 2.45) is 0 Å². The van der Waals surface area contributed by atoms with Gasteiger partial charge in [-0.3, -0.25) is 4.79 Å². The second-order valence-corrected chi connectivity index (χ2v) is 1.50. The van der Waals surface area contributed by atoms with Gasteiger partial charge >= 0.3 is 5.97 Å². The van der Waals surface area contributed by atoms with Gasteiger partial charge in [0.1, 0.15) is 6.10 Å². The number of carboxylic acid groups (broad SMARTS) is 1.